The van der Waals surface area contributed by atoms with Gasteiger partial charge in [-0.2, -0.15) is 0 Å². The van der Waals surface area contributed by atoms with E-state index in [1.807, 2.05) is 0 Å². The van der Waals surface area contributed by atoms with E-state index in [0.29, 0.717) is 11.8 Å². The number of aliphatic hydroxyl groups excluding tert-OH is 2. The van der Waals surface area contributed by atoms with Crippen molar-refractivity contribution in [2.24, 2.45) is 17.8 Å². The average Bonchev–Trinajstić information content (AvgIpc) is 2.17. The van der Waals surface area contributed by atoms with Crippen LogP contribution in [0.5, 0.6) is 0 Å². The van der Waals surface area contributed by atoms with Crippen molar-refractivity contribution in [3.63, 3.8) is 0 Å². The lowest BCUT2D eigenvalue weighted by atomic mass is 9.75. The minimum absolute atomic E-state index is 0.0289. The number of hydrogen-bond acceptors (Lipinski definition) is 3. The molecule has 1 rings (SSSR count). The highest BCUT2D eigenvalue weighted by Gasteiger charge is 2.28. The Balaban J connectivity index is 0.000000366. The van der Waals surface area contributed by atoms with Crippen molar-refractivity contribution in [1.29, 1.82) is 0 Å². The van der Waals surface area contributed by atoms with Crippen LogP contribution in [0.2, 0.25) is 0 Å². The van der Waals surface area contributed by atoms with Gasteiger partial charge in [0.15, 0.2) is 5.78 Å². The third kappa shape index (κ3) is 6.79. The first-order valence-electron chi connectivity index (χ1n) is 6.62. The minimum Gasteiger partial charge on any atom is -0.393 e. The molecule has 1 aliphatic rings. The van der Waals surface area contributed by atoms with E-state index in [4.69, 9.17) is 5.11 Å². The smallest absolute Gasteiger partial charge is 0.157 e. The first-order chi connectivity index (χ1) is 7.75. The van der Waals surface area contributed by atoms with Gasteiger partial charge in [0.05, 0.1) is 6.10 Å². The third-order valence-corrected chi connectivity index (χ3v) is 3.58. The molecule has 1 fully saturated rings. The molecule has 0 heterocycles. The number of carbonyl (C=O) groups is 1. The van der Waals surface area contributed by atoms with Crippen LogP contribution in [-0.4, -0.2) is 28.2 Å². The molecular weight excluding hydrogens is 216 g/mol. The lowest BCUT2D eigenvalue weighted by Crippen LogP contribution is -2.31. The number of ketones is 1. The molecule has 0 radical (unpaired) electrons. The van der Waals surface area contributed by atoms with Crippen LogP contribution in [0, 0.1) is 17.8 Å². The van der Waals surface area contributed by atoms with Crippen LogP contribution in [-0.2, 0) is 4.79 Å². The first kappa shape index (κ1) is 16.6. The quantitative estimate of drug-likeness (QED) is 0.784. The van der Waals surface area contributed by atoms with Gasteiger partial charge in [-0.15, -0.1) is 0 Å². The Morgan fingerprint density at radius 2 is 1.71 bits per heavy atom. The van der Waals surface area contributed by atoms with Gasteiger partial charge in [-0.1, -0.05) is 27.2 Å². The lowest BCUT2D eigenvalue weighted by molar-refractivity contribution is -0.124. The largest absolute Gasteiger partial charge is 0.393 e. The summed E-state index contributed by atoms with van der Waals surface area (Å²) < 4.78 is 0. The van der Waals surface area contributed by atoms with Crippen LogP contribution in [0.3, 0.4) is 0 Å². The molecule has 0 amide bonds. The number of hydrogen-bond donors (Lipinski definition) is 2. The Labute approximate surface area is 105 Å². The molecule has 0 saturated heterocycles. The van der Waals surface area contributed by atoms with Crippen molar-refractivity contribution >= 4 is 5.78 Å². The fraction of sp³-hybridized carbons (Fsp3) is 0.929. The number of aliphatic hydroxyl groups is 2. The molecule has 0 aromatic carbocycles. The van der Waals surface area contributed by atoms with E-state index in [0.717, 1.165) is 12.3 Å². The van der Waals surface area contributed by atoms with Gasteiger partial charge in [0, 0.05) is 0 Å². The molecule has 102 valence electrons. The molecule has 0 bridgehead atoms. The Morgan fingerprint density at radius 3 is 2.00 bits per heavy atom. The molecule has 17 heavy (non-hydrogen) atoms. The van der Waals surface area contributed by atoms with Crippen LogP contribution in [0.4, 0.5) is 0 Å². The second-order valence-electron chi connectivity index (χ2n) is 5.68. The molecule has 0 spiro atoms. The van der Waals surface area contributed by atoms with Crippen LogP contribution in [0.25, 0.3) is 0 Å². The zero-order valence-electron chi connectivity index (χ0n) is 11.8. The van der Waals surface area contributed by atoms with Crippen molar-refractivity contribution in [3.8, 4) is 0 Å². The highest BCUT2D eigenvalue weighted by atomic mass is 16.3. The molecule has 4 unspecified atom stereocenters. The van der Waals surface area contributed by atoms with Crippen molar-refractivity contribution in [3.05, 3.63) is 0 Å². The maximum Gasteiger partial charge on any atom is 0.157 e. The summed E-state index contributed by atoms with van der Waals surface area (Å²) in [6.07, 6.45) is 2.73. The van der Waals surface area contributed by atoms with E-state index in [1.54, 1.807) is 0 Å². The lowest BCUT2D eigenvalue weighted by Gasteiger charge is -2.33. The van der Waals surface area contributed by atoms with E-state index in [1.165, 1.54) is 26.7 Å². The molecule has 3 nitrogen and oxygen atoms in total. The van der Waals surface area contributed by atoms with E-state index >= 15 is 0 Å². The van der Waals surface area contributed by atoms with Gasteiger partial charge < -0.3 is 10.2 Å². The summed E-state index contributed by atoms with van der Waals surface area (Å²) in [7, 11) is 0. The van der Waals surface area contributed by atoms with E-state index in [2.05, 4.69) is 20.8 Å². The summed E-state index contributed by atoms with van der Waals surface area (Å²) >= 11 is 0. The maximum atomic E-state index is 9.89. The third-order valence-electron chi connectivity index (χ3n) is 3.58. The summed E-state index contributed by atoms with van der Waals surface area (Å²) in [6.45, 7) is 9.46. The van der Waals surface area contributed by atoms with Crippen molar-refractivity contribution in [2.75, 3.05) is 0 Å². The van der Waals surface area contributed by atoms with E-state index < -0.39 is 6.10 Å². The van der Waals surface area contributed by atoms with Gasteiger partial charge >= 0.3 is 0 Å². The summed E-state index contributed by atoms with van der Waals surface area (Å²) in [5.41, 5.74) is 0. The minimum atomic E-state index is -0.787. The normalized spacial score (nSPS) is 30.5. The van der Waals surface area contributed by atoms with Crippen LogP contribution < -0.4 is 0 Å². The van der Waals surface area contributed by atoms with Gasteiger partial charge in [0.25, 0.3) is 0 Å². The highest BCUT2D eigenvalue weighted by molar-refractivity contribution is 5.79. The molecule has 2 N–H and O–H groups in total. The Bertz CT molecular complexity index is 224. The van der Waals surface area contributed by atoms with Crippen LogP contribution in [0.15, 0.2) is 0 Å². The van der Waals surface area contributed by atoms with Gasteiger partial charge in [-0.25, -0.2) is 0 Å². The van der Waals surface area contributed by atoms with Crippen molar-refractivity contribution < 1.29 is 15.0 Å². The first-order valence-corrected chi connectivity index (χ1v) is 6.62. The predicted molar refractivity (Wildman–Crippen MR) is 69.7 cm³/mol. The fourth-order valence-electron chi connectivity index (χ4n) is 2.15. The molecule has 1 saturated carbocycles. The van der Waals surface area contributed by atoms with Gasteiger partial charge in [-0.05, 0) is 44.4 Å². The summed E-state index contributed by atoms with van der Waals surface area (Å²) in [6, 6.07) is 0. The molecule has 0 aromatic rings. The van der Waals surface area contributed by atoms with E-state index in [-0.39, 0.29) is 11.9 Å². The predicted octanol–water partition coefficient (Wildman–Crippen LogP) is 2.40. The maximum absolute atomic E-state index is 9.89. The molecular formula is C14H28O3. The van der Waals surface area contributed by atoms with Gasteiger partial charge in [-0.3, -0.25) is 4.79 Å². The monoisotopic (exact) mass is 244 g/mol. The summed E-state index contributed by atoms with van der Waals surface area (Å²) in [4.78, 5) is 9.89. The highest BCUT2D eigenvalue weighted by Crippen LogP contribution is 2.33. The Kier molecular flexibility index (Phi) is 7.64. The fourth-order valence-corrected chi connectivity index (χ4v) is 2.15. The second kappa shape index (κ2) is 7.83. The zero-order chi connectivity index (χ0) is 13.6. The van der Waals surface area contributed by atoms with Crippen molar-refractivity contribution in [2.45, 2.75) is 66.1 Å². The Morgan fingerprint density at radius 1 is 1.24 bits per heavy atom. The topological polar surface area (TPSA) is 57.5 Å². The standard InChI is InChI=1S/C10H20O.C4H8O2/c1-7(2)9-5-4-8(3)6-10(9)11;1-3(5)4(2)6/h7-11H,4-6H2,1-3H3;3,5H,1-2H3. The molecule has 1 aliphatic carbocycles. The Hall–Kier alpha value is -0.410. The number of Topliss-reactive ketones (excluding diaryl/α,β-unsaturated/α-hetero) is 1. The second-order valence-corrected chi connectivity index (χ2v) is 5.68. The van der Waals surface area contributed by atoms with Gasteiger partial charge in [0.2, 0.25) is 0 Å². The molecule has 0 aliphatic heterocycles. The number of rotatable bonds is 2. The van der Waals surface area contributed by atoms with Gasteiger partial charge in [0.1, 0.15) is 6.10 Å². The van der Waals surface area contributed by atoms with Crippen LogP contribution in [0.1, 0.15) is 53.9 Å². The summed E-state index contributed by atoms with van der Waals surface area (Å²) in [5, 5.41) is 18.0. The molecule has 4 atom stereocenters. The van der Waals surface area contributed by atoms with E-state index in [9.17, 15) is 9.90 Å². The molecule has 3 heteroatoms. The summed E-state index contributed by atoms with van der Waals surface area (Å²) in [5.74, 6) is 1.76. The molecule has 0 aromatic heterocycles. The number of carbonyl (C=O) groups excluding carboxylic acids is 1. The zero-order valence-corrected chi connectivity index (χ0v) is 11.8. The van der Waals surface area contributed by atoms with Crippen molar-refractivity contribution in [1.82, 2.24) is 0 Å². The van der Waals surface area contributed by atoms with Crippen LogP contribution >= 0.6 is 0 Å². The average molecular weight is 244 g/mol. The SMILES string of the molecule is CC(=O)C(C)O.CC1CCC(C(C)C)C(O)C1.